The van der Waals surface area contributed by atoms with Gasteiger partial charge < -0.3 is 10.6 Å². The first-order valence-electron chi connectivity index (χ1n) is 7.07. The van der Waals surface area contributed by atoms with Gasteiger partial charge in [0.2, 0.25) is 5.91 Å². The van der Waals surface area contributed by atoms with Gasteiger partial charge in [-0.15, -0.1) is 0 Å². The molecule has 0 bridgehead atoms. The Morgan fingerprint density at radius 2 is 2.16 bits per heavy atom. The lowest BCUT2D eigenvalue weighted by molar-refractivity contribution is -0.124. The molecule has 2 atom stereocenters. The third-order valence-corrected chi connectivity index (χ3v) is 3.54. The zero-order valence-electron chi connectivity index (χ0n) is 12.2. The lowest BCUT2D eigenvalue weighted by Gasteiger charge is -2.31. The molecular formula is C13H26N4O2. The molecule has 1 aliphatic heterocycles. The number of imide groups is 1. The van der Waals surface area contributed by atoms with Gasteiger partial charge in [-0.2, -0.15) is 0 Å². The van der Waals surface area contributed by atoms with Crippen molar-refractivity contribution in [3.05, 3.63) is 0 Å². The number of carbonyl (C=O) groups is 2. The fraction of sp³-hybridized carbons (Fsp3) is 0.846. The number of urea groups is 1. The highest BCUT2D eigenvalue weighted by Crippen LogP contribution is 2.09. The summed E-state index contributed by atoms with van der Waals surface area (Å²) in [6.07, 6.45) is 3.62. The van der Waals surface area contributed by atoms with Crippen LogP contribution in [0.5, 0.6) is 0 Å². The van der Waals surface area contributed by atoms with Gasteiger partial charge in [-0.25, -0.2) is 4.79 Å². The molecule has 6 heteroatoms. The molecular weight excluding hydrogens is 244 g/mol. The molecule has 1 rings (SSSR count). The molecule has 3 N–H and O–H groups in total. The van der Waals surface area contributed by atoms with Crippen LogP contribution in [-0.2, 0) is 4.79 Å². The van der Waals surface area contributed by atoms with Gasteiger partial charge in [-0.3, -0.25) is 15.0 Å². The molecule has 110 valence electrons. The summed E-state index contributed by atoms with van der Waals surface area (Å²) in [7, 11) is 1.91. The zero-order valence-corrected chi connectivity index (χ0v) is 12.2. The van der Waals surface area contributed by atoms with Crippen molar-refractivity contribution in [3.8, 4) is 0 Å². The quantitative estimate of drug-likeness (QED) is 0.671. The predicted octanol–water partition coefficient (Wildman–Crippen LogP) is 0.295. The third kappa shape index (κ3) is 5.57. The van der Waals surface area contributed by atoms with Crippen LogP contribution < -0.4 is 16.0 Å². The van der Waals surface area contributed by atoms with Crippen molar-refractivity contribution >= 4 is 11.9 Å². The monoisotopic (exact) mass is 270 g/mol. The minimum Gasteiger partial charge on any atom is -0.338 e. The highest BCUT2D eigenvalue weighted by molar-refractivity contribution is 5.96. The molecule has 0 saturated carbocycles. The number of hydrogen-bond donors (Lipinski definition) is 3. The number of likely N-dealkylation sites (N-methyl/N-ethyl adjacent to an activating group) is 1. The molecule has 2 unspecified atom stereocenters. The fourth-order valence-corrected chi connectivity index (χ4v) is 2.21. The van der Waals surface area contributed by atoms with E-state index in [2.05, 4.69) is 16.0 Å². The molecule has 1 heterocycles. The smallest absolute Gasteiger partial charge is 0.321 e. The van der Waals surface area contributed by atoms with Gasteiger partial charge in [-0.05, 0) is 40.3 Å². The maximum Gasteiger partial charge on any atom is 0.321 e. The van der Waals surface area contributed by atoms with Crippen molar-refractivity contribution < 1.29 is 9.59 Å². The van der Waals surface area contributed by atoms with Crippen molar-refractivity contribution in [2.75, 3.05) is 26.7 Å². The summed E-state index contributed by atoms with van der Waals surface area (Å²) in [6, 6.07) is -0.298. The van der Waals surface area contributed by atoms with E-state index in [0.29, 0.717) is 12.6 Å². The SMILES string of the molecule is CCNC(=O)NC(=O)C(C)N(C)CC1CCCCN1. The highest BCUT2D eigenvalue weighted by atomic mass is 16.2. The molecule has 0 aromatic carbocycles. The van der Waals surface area contributed by atoms with Gasteiger partial charge in [0.15, 0.2) is 0 Å². The van der Waals surface area contributed by atoms with Crippen LogP contribution >= 0.6 is 0 Å². The van der Waals surface area contributed by atoms with Crippen LogP contribution in [0.4, 0.5) is 4.79 Å². The number of nitrogens with zero attached hydrogens (tertiary/aromatic N) is 1. The van der Waals surface area contributed by atoms with Crippen molar-refractivity contribution in [1.82, 2.24) is 20.9 Å². The molecule has 0 aromatic heterocycles. The van der Waals surface area contributed by atoms with Crippen LogP contribution in [0.3, 0.4) is 0 Å². The van der Waals surface area contributed by atoms with Crippen molar-refractivity contribution in [2.24, 2.45) is 0 Å². The summed E-state index contributed by atoms with van der Waals surface area (Å²) < 4.78 is 0. The molecule has 6 nitrogen and oxygen atoms in total. The Bertz CT molecular complexity index is 303. The summed E-state index contributed by atoms with van der Waals surface area (Å²) in [5.41, 5.74) is 0. The van der Waals surface area contributed by atoms with E-state index < -0.39 is 6.03 Å². The Hall–Kier alpha value is -1.14. The van der Waals surface area contributed by atoms with E-state index in [0.717, 1.165) is 19.5 Å². The topological polar surface area (TPSA) is 73.5 Å². The number of nitrogens with one attached hydrogen (secondary N) is 3. The first-order valence-corrected chi connectivity index (χ1v) is 7.07. The van der Waals surface area contributed by atoms with E-state index in [1.165, 1.54) is 12.8 Å². The Kier molecular flexibility index (Phi) is 6.80. The number of carbonyl (C=O) groups excluding carboxylic acids is 2. The van der Waals surface area contributed by atoms with Gasteiger partial charge >= 0.3 is 6.03 Å². The highest BCUT2D eigenvalue weighted by Gasteiger charge is 2.23. The fourth-order valence-electron chi connectivity index (χ4n) is 2.21. The van der Waals surface area contributed by atoms with Crippen molar-refractivity contribution in [2.45, 2.75) is 45.2 Å². The summed E-state index contributed by atoms with van der Waals surface area (Å²) >= 11 is 0. The second-order valence-electron chi connectivity index (χ2n) is 5.11. The van der Waals surface area contributed by atoms with Gasteiger partial charge in [0.05, 0.1) is 6.04 Å². The first-order chi connectivity index (χ1) is 9.04. The van der Waals surface area contributed by atoms with E-state index in [1.807, 2.05) is 25.8 Å². The van der Waals surface area contributed by atoms with Crippen LogP contribution in [0.1, 0.15) is 33.1 Å². The lowest BCUT2D eigenvalue weighted by atomic mass is 10.0. The van der Waals surface area contributed by atoms with Crippen LogP contribution in [0, 0.1) is 0 Å². The van der Waals surface area contributed by atoms with E-state index in [-0.39, 0.29) is 11.9 Å². The molecule has 0 aliphatic carbocycles. The Morgan fingerprint density at radius 3 is 2.74 bits per heavy atom. The maximum atomic E-state index is 11.9. The number of piperidine rings is 1. The second-order valence-corrected chi connectivity index (χ2v) is 5.11. The van der Waals surface area contributed by atoms with E-state index in [9.17, 15) is 9.59 Å². The average Bonchev–Trinajstić information content (AvgIpc) is 2.39. The average molecular weight is 270 g/mol. The minimum atomic E-state index is -0.427. The summed E-state index contributed by atoms with van der Waals surface area (Å²) in [6.45, 7) is 6.02. The van der Waals surface area contributed by atoms with Gasteiger partial charge in [0, 0.05) is 19.1 Å². The maximum absolute atomic E-state index is 11.9. The van der Waals surface area contributed by atoms with Crippen LogP contribution in [0.15, 0.2) is 0 Å². The molecule has 1 fully saturated rings. The molecule has 0 radical (unpaired) electrons. The molecule has 3 amide bonds. The van der Waals surface area contributed by atoms with Crippen LogP contribution in [0.2, 0.25) is 0 Å². The number of rotatable bonds is 5. The van der Waals surface area contributed by atoms with Gasteiger partial charge in [0.25, 0.3) is 0 Å². The Morgan fingerprint density at radius 1 is 1.42 bits per heavy atom. The van der Waals surface area contributed by atoms with Crippen molar-refractivity contribution in [3.63, 3.8) is 0 Å². The number of hydrogen-bond acceptors (Lipinski definition) is 4. The molecule has 19 heavy (non-hydrogen) atoms. The van der Waals surface area contributed by atoms with Crippen LogP contribution in [-0.4, -0.2) is 55.6 Å². The third-order valence-electron chi connectivity index (χ3n) is 3.54. The summed E-state index contributed by atoms with van der Waals surface area (Å²) in [5.74, 6) is -0.260. The van der Waals surface area contributed by atoms with E-state index in [1.54, 1.807) is 0 Å². The predicted molar refractivity (Wildman–Crippen MR) is 74.9 cm³/mol. The molecule has 0 aromatic rings. The zero-order chi connectivity index (χ0) is 14.3. The normalized spacial score (nSPS) is 20.9. The summed E-state index contributed by atoms with van der Waals surface area (Å²) in [4.78, 5) is 25.2. The van der Waals surface area contributed by atoms with Crippen LogP contribution in [0.25, 0.3) is 0 Å². The first kappa shape index (κ1) is 15.9. The Balaban J connectivity index is 2.35. The number of amides is 3. The second kappa shape index (κ2) is 8.12. The standard InChI is InChI=1S/C13H26N4O2/c1-4-14-13(19)16-12(18)10(2)17(3)9-11-7-5-6-8-15-11/h10-11,15H,4-9H2,1-3H3,(H2,14,16,18,19). The minimum absolute atomic E-state index is 0.260. The van der Waals surface area contributed by atoms with Gasteiger partial charge in [-0.1, -0.05) is 6.42 Å². The molecule has 0 spiro atoms. The largest absolute Gasteiger partial charge is 0.338 e. The summed E-state index contributed by atoms with van der Waals surface area (Å²) in [5, 5.41) is 8.35. The van der Waals surface area contributed by atoms with Crippen molar-refractivity contribution in [1.29, 1.82) is 0 Å². The lowest BCUT2D eigenvalue weighted by Crippen LogP contribution is -2.52. The molecule has 1 saturated heterocycles. The van der Waals surface area contributed by atoms with E-state index in [4.69, 9.17) is 0 Å². The Labute approximate surface area is 115 Å². The van der Waals surface area contributed by atoms with Gasteiger partial charge in [0.1, 0.15) is 0 Å². The molecule has 1 aliphatic rings. The van der Waals surface area contributed by atoms with E-state index >= 15 is 0 Å².